The van der Waals surface area contributed by atoms with Gasteiger partial charge in [0.15, 0.2) is 6.10 Å². The Balaban J connectivity index is 4.25. The van der Waals surface area contributed by atoms with Gasteiger partial charge in [0.05, 0.1) is 0 Å². The molecule has 70 heavy (non-hydrogen) atoms. The van der Waals surface area contributed by atoms with Crippen molar-refractivity contribution in [3.63, 3.8) is 0 Å². The fourth-order valence-electron chi connectivity index (χ4n) is 9.02. The van der Waals surface area contributed by atoms with Crippen LogP contribution in [0, 0.1) is 0 Å². The summed E-state index contributed by atoms with van der Waals surface area (Å²) < 4.78 is 16.9. The Kier molecular flexibility index (Phi) is 56.7. The molecule has 0 saturated heterocycles. The van der Waals surface area contributed by atoms with Crippen molar-refractivity contribution >= 4 is 17.9 Å². The van der Waals surface area contributed by atoms with Crippen LogP contribution < -0.4 is 0 Å². The Hall–Kier alpha value is -2.63. The van der Waals surface area contributed by atoms with Crippen molar-refractivity contribution in [1.29, 1.82) is 0 Å². The number of unbranched alkanes of at least 4 members (excludes halogenated alkanes) is 37. The van der Waals surface area contributed by atoms with Gasteiger partial charge in [-0.25, -0.2) is 0 Å². The van der Waals surface area contributed by atoms with E-state index in [1.807, 2.05) is 0 Å². The lowest BCUT2D eigenvalue weighted by atomic mass is 10.0. The quantitative estimate of drug-likeness (QED) is 0.0261. The summed E-state index contributed by atoms with van der Waals surface area (Å²) >= 11 is 0. The van der Waals surface area contributed by atoms with Gasteiger partial charge >= 0.3 is 17.9 Å². The molecule has 1 atom stereocenters. The van der Waals surface area contributed by atoms with Crippen molar-refractivity contribution in [1.82, 2.24) is 0 Å². The first-order chi connectivity index (χ1) is 34.5. The van der Waals surface area contributed by atoms with Gasteiger partial charge < -0.3 is 14.2 Å². The lowest BCUT2D eigenvalue weighted by Crippen LogP contribution is -2.30. The molecule has 0 aliphatic rings. The molecular weight excluding hydrogens is 865 g/mol. The number of allylic oxidation sites excluding steroid dienone is 8. The molecule has 0 heterocycles. The molecule has 0 aromatic carbocycles. The molecule has 0 spiro atoms. The Bertz CT molecular complexity index is 1220. The van der Waals surface area contributed by atoms with Crippen molar-refractivity contribution in [3.05, 3.63) is 48.6 Å². The highest BCUT2D eigenvalue weighted by Crippen LogP contribution is 2.17. The van der Waals surface area contributed by atoms with E-state index in [2.05, 4.69) is 69.4 Å². The molecule has 0 amide bonds. The highest BCUT2D eigenvalue weighted by molar-refractivity contribution is 5.71. The molecule has 0 saturated carbocycles. The minimum absolute atomic E-state index is 0.0788. The standard InChI is InChI=1S/C64H116O6/c1-4-7-10-13-16-19-22-24-26-28-29-30-31-32-33-34-36-37-39-42-45-48-51-54-57-63(66)69-60-61(59-68-62(65)56-53-50-47-44-41-21-18-15-12-9-6-3)70-64(67)58-55-52-49-46-43-40-38-35-27-25-23-20-17-14-11-8-5-2/h8,11,17,20,25,27,38,40,61H,4-7,9-10,12-16,18-19,21-24,26,28-37,39,41-60H2,1-3H3/b11-8-,20-17-,27-25-,40-38-. The number of carbonyl (C=O) groups excluding carboxylic acids is 3. The topological polar surface area (TPSA) is 78.9 Å². The Morgan fingerprint density at radius 2 is 0.557 bits per heavy atom. The van der Waals surface area contributed by atoms with Crippen molar-refractivity contribution < 1.29 is 28.6 Å². The average Bonchev–Trinajstić information content (AvgIpc) is 3.36. The Labute approximate surface area is 435 Å². The molecule has 0 aromatic rings. The highest BCUT2D eigenvalue weighted by Gasteiger charge is 2.19. The van der Waals surface area contributed by atoms with Crippen LogP contribution >= 0.6 is 0 Å². The van der Waals surface area contributed by atoms with Gasteiger partial charge in [0, 0.05) is 19.3 Å². The van der Waals surface area contributed by atoms with Gasteiger partial charge in [0.2, 0.25) is 0 Å². The van der Waals surface area contributed by atoms with E-state index in [0.29, 0.717) is 19.3 Å². The molecule has 0 bridgehead atoms. The summed E-state index contributed by atoms with van der Waals surface area (Å²) in [5, 5.41) is 0. The summed E-state index contributed by atoms with van der Waals surface area (Å²) in [7, 11) is 0. The second-order valence-electron chi connectivity index (χ2n) is 20.6. The van der Waals surface area contributed by atoms with E-state index in [1.54, 1.807) is 0 Å². The summed E-state index contributed by atoms with van der Waals surface area (Å²) in [6.07, 6.45) is 72.7. The van der Waals surface area contributed by atoms with E-state index < -0.39 is 6.10 Å². The molecule has 0 aliphatic heterocycles. The highest BCUT2D eigenvalue weighted by atomic mass is 16.6. The van der Waals surface area contributed by atoms with Crippen LogP contribution in [0.3, 0.4) is 0 Å². The lowest BCUT2D eigenvalue weighted by Gasteiger charge is -2.18. The molecule has 0 fully saturated rings. The SMILES string of the molecule is CC/C=C\C/C=C\C/C=C\C/C=C\CCCCCCC(=O)OC(COC(=O)CCCCCCCCCCCCC)COC(=O)CCCCCCCCCCCCCCCCCCCCCCCCCC. The normalized spacial score (nSPS) is 12.3. The third kappa shape index (κ3) is 56.3. The molecule has 6 heteroatoms. The molecule has 0 aliphatic carbocycles. The van der Waals surface area contributed by atoms with Crippen LogP contribution in [0.15, 0.2) is 48.6 Å². The zero-order valence-corrected chi connectivity index (χ0v) is 46.8. The van der Waals surface area contributed by atoms with Gasteiger partial charge in [-0.15, -0.1) is 0 Å². The van der Waals surface area contributed by atoms with Gasteiger partial charge in [-0.2, -0.15) is 0 Å². The van der Waals surface area contributed by atoms with E-state index in [0.717, 1.165) is 96.3 Å². The molecule has 0 radical (unpaired) electrons. The molecule has 0 aromatic heterocycles. The third-order valence-corrected chi connectivity index (χ3v) is 13.6. The van der Waals surface area contributed by atoms with E-state index in [1.165, 1.54) is 186 Å². The second kappa shape index (κ2) is 58.9. The molecular formula is C64H116O6. The third-order valence-electron chi connectivity index (χ3n) is 13.6. The van der Waals surface area contributed by atoms with E-state index in [9.17, 15) is 14.4 Å². The van der Waals surface area contributed by atoms with Crippen LogP contribution in [-0.4, -0.2) is 37.2 Å². The van der Waals surface area contributed by atoms with Crippen LogP contribution in [0.25, 0.3) is 0 Å². The molecule has 408 valence electrons. The number of hydrogen-bond donors (Lipinski definition) is 0. The molecule has 6 nitrogen and oxygen atoms in total. The lowest BCUT2D eigenvalue weighted by molar-refractivity contribution is -0.167. The maximum Gasteiger partial charge on any atom is 0.306 e. The predicted molar refractivity (Wildman–Crippen MR) is 302 cm³/mol. The minimum atomic E-state index is -0.782. The largest absolute Gasteiger partial charge is 0.462 e. The summed E-state index contributed by atoms with van der Waals surface area (Å²) in [4.78, 5) is 38.2. The molecule has 1 unspecified atom stereocenters. The number of carbonyl (C=O) groups is 3. The maximum atomic E-state index is 12.8. The summed E-state index contributed by atoms with van der Waals surface area (Å²) in [5.41, 5.74) is 0. The number of hydrogen-bond acceptors (Lipinski definition) is 6. The first-order valence-corrected chi connectivity index (χ1v) is 30.6. The van der Waals surface area contributed by atoms with Crippen LogP contribution in [-0.2, 0) is 28.6 Å². The number of esters is 3. The monoisotopic (exact) mass is 981 g/mol. The number of rotatable bonds is 56. The van der Waals surface area contributed by atoms with Crippen LogP contribution in [0.1, 0.15) is 323 Å². The first-order valence-electron chi connectivity index (χ1n) is 30.6. The fraction of sp³-hybridized carbons (Fsp3) is 0.828. The van der Waals surface area contributed by atoms with E-state index in [-0.39, 0.29) is 31.1 Å². The van der Waals surface area contributed by atoms with Crippen LogP contribution in [0.2, 0.25) is 0 Å². The Morgan fingerprint density at radius 1 is 0.300 bits per heavy atom. The van der Waals surface area contributed by atoms with Gasteiger partial charge in [-0.05, 0) is 57.8 Å². The second-order valence-corrected chi connectivity index (χ2v) is 20.6. The van der Waals surface area contributed by atoms with Gasteiger partial charge in [-0.3, -0.25) is 14.4 Å². The average molecular weight is 982 g/mol. The van der Waals surface area contributed by atoms with Crippen molar-refractivity contribution in [2.45, 2.75) is 329 Å². The van der Waals surface area contributed by atoms with Gasteiger partial charge in [0.1, 0.15) is 13.2 Å². The smallest absolute Gasteiger partial charge is 0.306 e. The zero-order chi connectivity index (χ0) is 50.7. The number of ether oxygens (including phenoxy) is 3. The van der Waals surface area contributed by atoms with Crippen molar-refractivity contribution in [2.24, 2.45) is 0 Å². The van der Waals surface area contributed by atoms with E-state index >= 15 is 0 Å². The maximum absolute atomic E-state index is 12.8. The van der Waals surface area contributed by atoms with Gasteiger partial charge in [0.25, 0.3) is 0 Å². The minimum Gasteiger partial charge on any atom is -0.462 e. The van der Waals surface area contributed by atoms with Crippen molar-refractivity contribution in [2.75, 3.05) is 13.2 Å². The summed E-state index contributed by atoms with van der Waals surface area (Å²) in [6.45, 7) is 6.54. The first kappa shape index (κ1) is 67.4. The van der Waals surface area contributed by atoms with E-state index in [4.69, 9.17) is 14.2 Å². The summed E-state index contributed by atoms with van der Waals surface area (Å²) in [5.74, 6) is -0.886. The van der Waals surface area contributed by atoms with Gasteiger partial charge in [-0.1, -0.05) is 294 Å². The molecule has 0 rings (SSSR count). The molecule has 0 N–H and O–H groups in total. The van der Waals surface area contributed by atoms with Crippen LogP contribution in [0.4, 0.5) is 0 Å². The predicted octanol–water partition coefficient (Wildman–Crippen LogP) is 20.6. The van der Waals surface area contributed by atoms with Crippen molar-refractivity contribution in [3.8, 4) is 0 Å². The summed E-state index contributed by atoms with van der Waals surface area (Å²) in [6, 6.07) is 0. The fourth-order valence-corrected chi connectivity index (χ4v) is 9.02. The van der Waals surface area contributed by atoms with Crippen LogP contribution in [0.5, 0.6) is 0 Å². The zero-order valence-electron chi connectivity index (χ0n) is 46.8. The Morgan fingerprint density at radius 3 is 0.871 bits per heavy atom.